The molecule has 1 aromatic carbocycles. The van der Waals surface area contributed by atoms with E-state index >= 15 is 0 Å². The molecule has 0 aliphatic heterocycles. The van der Waals surface area contributed by atoms with Gasteiger partial charge in [0.2, 0.25) is 11.2 Å². The van der Waals surface area contributed by atoms with Crippen LogP contribution in [0.25, 0.3) is 11.0 Å². The van der Waals surface area contributed by atoms with Gasteiger partial charge >= 0.3 is 0 Å². The lowest BCUT2D eigenvalue weighted by molar-refractivity contribution is 0.449. The van der Waals surface area contributed by atoms with Gasteiger partial charge in [0.25, 0.3) is 0 Å². The highest BCUT2D eigenvalue weighted by atomic mass is 19.1. The van der Waals surface area contributed by atoms with Crippen LogP contribution >= 0.6 is 0 Å². The second-order valence-corrected chi connectivity index (χ2v) is 2.75. The van der Waals surface area contributed by atoms with Crippen molar-refractivity contribution in [2.75, 3.05) is 0 Å². The highest BCUT2D eigenvalue weighted by molar-refractivity contribution is 5.84. The zero-order valence-corrected chi connectivity index (χ0v) is 6.82. The van der Waals surface area contributed by atoms with E-state index in [-0.39, 0.29) is 16.7 Å². The first-order valence-electron chi connectivity index (χ1n) is 3.72. The molecule has 0 unspecified atom stereocenters. The SMILES string of the molecule is O=c1c(F)coc2cc(O)cc(O)c12. The normalized spacial score (nSPS) is 10.6. The maximum atomic E-state index is 12.7. The van der Waals surface area contributed by atoms with Gasteiger partial charge in [0, 0.05) is 12.1 Å². The minimum absolute atomic E-state index is 0.0612. The van der Waals surface area contributed by atoms with Crippen molar-refractivity contribution in [2.45, 2.75) is 0 Å². The van der Waals surface area contributed by atoms with Crippen molar-refractivity contribution >= 4 is 11.0 Å². The molecule has 2 rings (SSSR count). The molecule has 0 bridgehead atoms. The van der Waals surface area contributed by atoms with Crippen molar-refractivity contribution in [3.63, 3.8) is 0 Å². The van der Waals surface area contributed by atoms with E-state index in [1.807, 2.05) is 0 Å². The van der Waals surface area contributed by atoms with Gasteiger partial charge in [0.05, 0.1) is 0 Å². The fourth-order valence-electron chi connectivity index (χ4n) is 1.20. The minimum atomic E-state index is -1.08. The third-order valence-electron chi connectivity index (χ3n) is 1.80. The Morgan fingerprint density at radius 3 is 2.71 bits per heavy atom. The fraction of sp³-hybridized carbons (Fsp3) is 0. The van der Waals surface area contributed by atoms with Gasteiger partial charge in [0.1, 0.15) is 28.7 Å². The summed E-state index contributed by atoms with van der Waals surface area (Å²) < 4.78 is 17.4. The van der Waals surface area contributed by atoms with E-state index in [2.05, 4.69) is 4.42 Å². The second-order valence-electron chi connectivity index (χ2n) is 2.75. The first-order chi connectivity index (χ1) is 6.59. The van der Waals surface area contributed by atoms with Crippen LogP contribution in [0.15, 0.2) is 27.6 Å². The van der Waals surface area contributed by atoms with Gasteiger partial charge in [-0.2, -0.15) is 4.39 Å². The van der Waals surface area contributed by atoms with E-state index in [1.165, 1.54) is 0 Å². The van der Waals surface area contributed by atoms with Gasteiger partial charge in [-0.05, 0) is 0 Å². The predicted molar refractivity (Wildman–Crippen MR) is 45.8 cm³/mol. The van der Waals surface area contributed by atoms with Crippen molar-refractivity contribution in [3.05, 3.63) is 34.4 Å². The molecule has 0 spiro atoms. The van der Waals surface area contributed by atoms with Crippen molar-refractivity contribution in [3.8, 4) is 11.5 Å². The summed E-state index contributed by atoms with van der Waals surface area (Å²) in [7, 11) is 0. The van der Waals surface area contributed by atoms with Gasteiger partial charge < -0.3 is 14.6 Å². The van der Waals surface area contributed by atoms with Gasteiger partial charge in [-0.15, -0.1) is 0 Å². The lowest BCUT2D eigenvalue weighted by atomic mass is 10.2. The lowest BCUT2D eigenvalue weighted by Gasteiger charge is -2.00. The molecule has 4 nitrogen and oxygen atoms in total. The number of aromatic hydroxyl groups is 2. The summed E-state index contributed by atoms with van der Waals surface area (Å²) >= 11 is 0. The molecule has 0 atom stereocenters. The predicted octanol–water partition coefficient (Wildman–Crippen LogP) is 1.34. The summed E-state index contributed by atoms with van der Waals surface area (Å²) in [5.41, 5.74) is -1.02. The number of phenols is 2. The topological polar surface area (TPSA) is 70.7 Å². The fourth-order valence-corrected chi connectivity index (χ4v) is 1.20. The maximum absolute atomic E-state index is 12.7. The third-order valence-corrected chi connectivity index (χ3v) is 1.80. The Morgan fingerprint density at radius 1 is 1.29 bits per heavy atom. The highest BCUT2D eigenvalue weighted by Crippen LogP contribution is 2.27. The molecule has 0 radical (unpaired) electrons. The number of hydrogen-bond donors (Lipinski definition) is 2. The first kappa shape index (κ1) is 8.55. The Kier molecular flexibility index (Phi) is 1.67. The molecular formula is C9H5FO4. The Balaban J connectivity index is 3.03. The standard InChI is InChI=1S/C9H5FO4/c10-5-3-14-7-2-4(11)1-6(12)8(7)9(5)13/h1-3,11-12H. The smallest absolute Gasteiger partial charge is 0.232 e. The number of hydrogen-bond acceptors (Lipinski definition) is 4. The molecule has 0 saturated carbocycles. The number of rotatable bonds is 0. The van der Waals surface area contributed by atoms with Crippen molar-refractivity contribution in [2.24, 2.45) is 0 Å². The Hall–Kier alpha value is -2.04. The van der Waals surface area contributed by atoms with E-state index < -0.39 is 17.0 Å². The van der Waals surface area contributed by atoms with Crippen LogP contribution in [0.2, 0.25) is 0 Å². The highest BCUT2D eigenvalue weighted by Gasteiger charge is 2.11. The lowest BCUT2D eigenvalue weighted by Crippen LogP contribution is -2.05. The summed E-state index contributed by atoms with van der Waals surface area (Å²) in [6, 6.07) is 2.06. The summed E-state index contributed by atoms with van der Waals surface area (Å²) in [4.78, 5) is 11.2. The van der Waals surface area contributed by atoms with Crippen LogP contribution < -0.4 is 5.43 Å². The molecule has 14 heavy (non-hydrogen) atoms. The number of phenolic OH excluding ortho intramolecular Hbond substituents is 2. The summed E-state index contributed by atoms with van der Waals surface area (Å²) in [5.74, 6) is -1.85. The molecule has 0 aliphatic carbocycles. The zero-order valence-electron chi connectivity index (χ0n) is 6.82. The van der Waals surface area contributed by atoms with E-state index in [9.17, 15) is 14.3 Å². The van der Waals surface area contributed by atoms with E-state index in [0.29, 0.717) is 6.26 Å². The van der Waals surface area contributed by atoms with Crippen molar-refractivity contribution in [1.82, 2.24) is 0 Å². The van der Waals surface area contributed by atoms with Crippen LogP contribution in [0.4, 0.5) is 4.39 Å². The van der Waals surface area contributed by atoms with E-state index in [4.69, 9.17) is 5.11 Å². The van der Waals surface area contributed by atoms with Crippen LogP contribution in [0.1, 0.15) is 0 Å². The average Bonchev–Trinajstić information content (AvgIpc) is 2.10. The van der Waals surface area contributed by atoms with E-state index in [0.717, 1.165) is 12.1 Å². The molecule has 72 valence electrons. The largest absolute Gasteiger partial charge is 0.508 e. The van der Waals surface area contributed by atoms with Crippen LogP contribution in [0.3, 0.4) is 0 Å². The third kappa shape index (κ3) is 1.10. The molecule has 2 aromatic rings. The molecular weight excluding hydrogens is 191 g/mol. The van der Waals surface area contributed by atoms with Crippen molar-refractivity contribution in [1.29, 1.82) is 0 Å². The molecule has 0 saturated heterocycles. The number of benzene rings is 1. The molecule has 1 heterocycles. The first-order valence-corrected chi connectivity index (χ1v) is 3.72. The maximum Gasteiger partial charge on any atom is 0.232 e. The molecule has 2 N–H and O–H groups in total. The monoisotopic (exact) mass is 196 g/mol. The quantitative estimate of drug-likeness (QED) is 0.667. The van der Waals surface area contributed by atoms with E-state index in [1.54, 1.807) is 0 Å². The zero-order chi connectivity index (χ0) is 10.3. The number of fused-ring (bicyclic) bond motifs is 1. The van der Waals surface area contributed by atoms with Crippen LogP contribution in [-0.2, 0) is 0 Å². The molecule has 5 heteroatoms. The van der Waals surface area contributed by atoms with Gasteiger partial charge in [-0.1, -0.05) is 0 Å². The van der Waals surface area contributed by atoms with Gasteiger partial charge in [-0.25, -0.2) is 0 Å². The Bertz CT molecular complexity index is 558. The summed E-state index contributed by atoms with van der Waals surface area (Å²) in [6.45, 7) is 0. The van der Waals surface area contributed by atoms with Crippen molar-refractivity contribution < 1.29 is 19.0 Å². The van der Waals surface area contributed by atoms with Gasteiger partial charge in [0.15, 0.2) is 0 Å². The average molecular weight is 196 g/mol. The molecule has 0 amide bonds. The van der Waals surface area contributed by atoms with Crippen LogP contribution in [-0.4, -0.2) is 10.2 Å². The van der Waals surface area contributed by atoms with Gasteiger partial charge in [-0.3, -0.25) is 4.79 Å². The molecule has 0 aliphatic rings. The summed E-state index contributed by atoms with van der Waals surface area (Å²) in [5, 5.41) is 18.1. The van der Waals surface area contributed by atoms with Crippen LogP contribution in [0.5, 0.6) is 11.5 Å². The molecule has 0 fully saturated rings. The Labute approximate surface area is 76.8 Å². The molecule has 1 aromatic heterocycles. The van der Waals surface area contributed by atoms with Crippen LogP contribution in [0, 0.1) is 5.82 Å². The Morgan fingerprint density at radius 2 is 2.00 bits per heavy atom. The number of halogens is 1. The second kappa shape index (κ2) is 2.73. The summed E-state index contributed by atoms with van der Waals surface area (Å²) in [6.07, 6.45) is 0.629. The minimum Gasteiger partial charge on any atom is -0.508 e.